The predicted molar refractivity (Wildman–Crippen MR) is 382 cm³/mol. The highest BCUT2D eigenvalue weighted by molar-refractivity contribution is 8.35. The molecule has 0 N–H and O–H groups in total. The number of thioether (sulfide) groups is 2. The van der Waals surface area contributed by atoms with Crippen LogP contribution in [0.3, 0.4) is 0 Å². The Morgan fingerprint density at radius 1 is 0.398 bits per heavy atom. The number of carbonyl (C=O) groups is 8. The van der Waals surface area contributed by atoms with Crippen molar-refractivity contribution in [3.05, 3.63) is 259 Å². The van der Waals surface area contributed by atoms with E-state index in [0.29, 0.717) is 33.4 Å². The molecule has 0 unspecified atom stereocenters. The van der Waals surface area contributed by atoms with Crippen LogP contribution in [0.25, 0.3) is 21.9 Å². The van der Waals surface area contributed by atoms with Gasteiger partial charge in [-0.05, 0) is 94.0 Å². The third-order valence-corrected chi connectivity index (χ3v) is 21.4. The molecule has 0 atom stereocenters. The lowest BCUT2D eigenvalue weighted by molar-refractivity contribution is -0.166. The summed E-state index contributed by atoms with van der Waals surface area (Å²) in [7, 11) is 0. The van der Waals surface area contributed by atoms with Crippen LogP contribution < -0.4 is 0 Å². The van der Waals surface area contributed by atoms with Gasteiger partial charge in [-0.1, -0.05) is 206 Å². The Morgan fingerprint density at radius 3 is 0.898 bits per heavy atom. The Balaban J connectivity index is 1.14. The van der Waals surface area contributed by atoms with E-state index in [2.05, 4.69) is 0 Å². The van der Waals surface area contributed by atoms with Crippen molar-refractivity contribution in [1.82, 2.24) is 9.80 Å². The maximum Gasteiger partial charge on any atom is 0.334 e. The molecule has 2 aliphatic heterocycles. The van der Waals surface area contributed by atoms with Gasteiger partial charge in [0.05, 0.1) is 24.2 Å². The zero-order valence-electron chi connectivity index (χ0n) is 52.5. The van der Waals surface area contributed by atoms with Gasteiger partial charge >= 0.3 is 35.8 Å². The maximum atomic E-state index is 16.1. The molecule has 2 aliphatic carbocycles. The van der Waals surface area contributed by atoms with Crippen molar-refractivity contribution in [2.45, 2.75) is 77.2 Å². The number of aliphatic imine (C=N–C) groups is 2. The van der Waals surface area contributed by atoms with Crippen LogP contribution in [0.15, 0.2) is 203 Å². The number of hydrogen-bond acceptors (Lipinski definition) is 22. The van der Waals surface area contributed by atoms with Crippen molar-refractivity contribution in [1.29, 1.82) is 0 Å². The van der Waals surface area contributed by atoms with E-state index in [1.54, 1.807) is 196 Å². The smallest absolute Gasteiger partial charge is 0.334 e. The number of rotatable bonds is 25. The molecule has 4 heterocycles. The second kappa shape index (κ2) is 30.3. The molecule has 0 radical (unpaired) electrons. The van der Waals surface area contributed by atoms with Crippen molar-refractivity contribution in [3.8, 4) is 9.75 Å². The Kier molecular flexibility index (Phi) is 21.1. The minimum Gasteiger partial charge on any atom is -0.461 e. The van der Waals surface area contributed by atoms with Crippen LogP contribution in [0, 0.1) is 0 Å². The number of ether oxygens (including phenoxy) is 6. The van der Waals surface area contributed by atoms with Crippen LogP contribution in [-0.4, -0.2) is 89.2 Å². The second-order valence-corrected chi connectivity index (χ2v) is 27.8. The standard InChI is InChI=1S/C74H58N4O14S6/c1-3-77-65(81)63(97-71(77)93)75-55-37-53-59(73(55,67(83)89-41-47-27-15-7-16-28-47)68(84)90-42-48-29-17-8-18-30-48)51(35-57(79)87-39-45-23-11-5-12-24-45)61(95-53)62-52(36-58(80)88-40-46-25-13-6-14-26-46)60-54(96-62)38-56(76-64-66(82)78(4-2)72(94)98-64)74(60,69(85)91-43-49-31-19-9-20-32-49)70(86)92-44-50-33-21-10-22-34-50/h5-34,37-38H,3-4,35-36,39-44H2,1-2H3. The van der Waals surface area contributed by atoms with Gasteiger partial charge in [0.2, 0.25) is 10.8 Å². The van der Waals surface area contributed by atoms with E-state index in [1.165, 1.54) is 22.0 Å². The molecule has 24 heteroatoms. The number of nitrogens with zero attached hydrogens (tertiary/aromatic N) is 4. The second-order valence-electron chi connectivity index (χ2n) is 22.4. The van der Waals surface area contributed by atoms with Crippen LogP contribution in [0.5, 0.6) is 0 Å². The highest BCUT2D eigenvalue weighted by Crippen LogP contribution is 2.59. The summed E-state index contributed by atoms with van der Waals surface area (Å²) in [5.74, 6) is -7.70. The van der Waals surface area contributed by atoms with Crippen LogP contribution in [0.2, 0.25) is 0 Å². The van der Waals surface area contributed by atoms with Crippen molar-refractivity contribution >= 4 is 149 Å². The lowest BCUT2D eigenvalue weighted by Gasteiger charge is -2.29. The van der Waals surface area contributed by atoms with E-state index in [4.69, 9.17) is 62.8 Å². The molecule has 4 aliphatic rings. The van der Waals surface area contributed by atoms with E-state index < -0.39 is 71.3 Å². The molecule has 2 amide bonds. The number of amides is 2. The summed E-state index contributed by atoms with van der Waals surface area (Å²) in [6.45, 7) is 1.89. The SMILES string of the molecule is CCN1C(=O)C(=NC2=Cc3sc(-c4sc5c(c4CC(=O)OCc4ccccc4)C(C(=O)OCc4ccccc4)(C(=O)OCc4ccccc4)C(N=C4SC(=S)N(CC)C4=O)=C5)c(CC(=O)OCc4ccccc4)c3C2(C(=O)OCc2ccccc2)C(=O)OCc2ccccc2)SC1=S. The number of benzene rings is 6. The molecule has 8 aromatic rings. The third kappa shape index (κ3) is 13.9. The van der Waals surface area contributed by atoms with E-state index in [-0.39, 0.29) is 125 Å². The zero-order chi connectivity index (χ0) is 68.5. The molecule has 0 spiro atoms. The molecule has 494 valence electrons. The fourth-order valence-corrected chi connectivity index (χ4v) is 16.9. The molecule has 18 nitrogen and oxygen atoms in total. The Bertz CT molecular complexity index is 4190. The van der Waals surface area contributed by atoms with Crippen LogP contribution in [0.4, 0.5) is 0 Å². The predicted octanol–water partition coefficient (Wildman–Crippen LogP) is 12.8. The molecular formula is C74H58N4O14S6. The lowest BCUT2D eigenvalue weighted by Crippen LogP contribution is -2.47. The maximum absolute atomic E-state index is 16.1. The number of thiophene rings is 2. The van der Waals surface area contributed by atoms with E-state index in [9.17, 15) is 9.59 Å². The number of fused-ring (bicyclic) bond motifs is 2. The minimum atomic E-state index is -2.76. The Hall–Kier alpha value is -9.82. The van der Waals surface area contributed by atoms with Gasteiger partial charge in [0.1, 0.15) is 48.3 Å². The highest BCUT2D eigenvalue weighted by atomic mass is 32.2. The third-order valence-electron chi connectivity index (χ3n) is 16.3. The summed E-state index contributed by atoms with van der Waals surface area (Å²) in [6, 6.07) is 52.6. The molecule has 2 saturated heterocycles. The molecular weight excluding hydrogens is 1360 g/mol. The van der Waals surface area contributed by atoms with Gasteiger partial charge in [0.15, 0.2) is 10.1 Å². The van der Waals surface area contributed by atoms with Gasteiger partial charge in [0.25, 0.3) is 11.8 Å². The number of thiocarbonyl (C=S) groups is 2. The number of carbonyl (C=O) groups excluding carboxylic acids is 8. The van der Waals surface area contributed by atoms with E-state index >= 15 is 28.8 Å². The summed E-state index contributed by atoms with van der Waals surface area (Å²) in [5.41, 5.74) is -3.03. The van der Waals surface area contributed by atoms with Gasteiger partial charge in [0, 0.05) is 43.7 Å². The molecule has 0 bridgehead atoms. The van der Waals surface area contributed by atoms with E-state index in [0.717, 1.165) is 46.2 Å². The summed E-state index contributed by atoms with van der Waals surface area (Å²) in [5, 5.41) is -0.348. The van der Waals surface area contributed by atoms with Gasteiger partial charge in [-0.2, -0.15) is 0 Å². The van der Waals surface area contributed by atoms with Crippen LogP contribution in [-0.2, 0) is 130 Å². The van der Waals surface area contributed by atoms with Gasteiger partial charge in [-0.15, -0.1) is 22.7 Å². The summed E-state index contributed by atoms with van der Waals surface area (Å²) >= 11 is 15.0. The molecule has 12 rings (SSSR count). The molecule has 98 heavy (non-hydrogen) atoms. The van der Waals surface area contributed by atoms with Crippen molar-refractivity contribution in [2.24, 2.45) is 9.98 Å². The number of esters is 6. The monoisotopic (exact) mass is 1420 g/mol. The molecule has 6 aromatic carbocycles. The van der Waals surface area contributed by atoms with Gasteiger partial charge < -0.3 is 28.4 Å². The van der Waals surface area contributed by atoms with Crippen LogP contribution in [0.1, 0.15) is 79.2 Å². The zero-order valence-corrected chi connectivity index (χ0v) is 57.4. The average Bonchev–Trinajstić information content (AvgIpc) is 1.53. The summed E-state index contributed by atoms with van der Waals surface area (Å²) in [4.78, 5) is 136. The van der Waals surface area contributed by atoms with Crippen molar-refractivity contribution in [3.63, 3.8) is 0 Å². The quantitative estimate of drug-likeness (QED) is 0.0224. The summed E-state index contributed by atoms with van der Waals surface area (Å²) < 4.78 is 37.6. The largest absolute Gasteiger partial charge is 0.461 e. The fraction of sp³-hybridized carbons (Fsp3) is 0.189. The Labute approximate surface area is 590 Å². The van der Waals surface area contributed by atoms with E-state index in [1.807, 2.05) is 0 Å². The van der Waals surface area contributed by atoms with Crippen LogP contribution >= 0.6 is 70.6 Å². The van der Waals surface area contributed by atoms with Crippen molar-refractivity contribution in [2.75, 3.05) is 13.1 Å². The first-order valence-electron chi connectivity index (χ1n) is 30.9. The summed E-state index contributed by atoms with van der Waals surface area (Å²) in [6.07, 6.45) is 1.51. The minimum absolute atomic E-state index is 0.0211. The van der Waals surface area contributed by atoms with Gasteiger partial charge in [-0.3, -0.25) is 48.2 Å². The van der Waals surface area contributed by atoms with Crippen molar-refractivity contribution < 1.29 is 66.8 Å². The van der Waals surface area contributed by atoms with Gasteiger partial charge in [-0.25, -0.2) is 9.98 Å². The topological polar surface area (TPSA) is 223 Å². The average molecular weight is 1420 g/mol. The highest BCUT2D eigenvalue weighted by Gasteiger charge is 2.63. The number of hydrogen-bond donors (Lipinski definition) is 0. The molecule has 0 saturated carbocycles. The molecule has 2 fully saturated rings. The first kappa shape index (κ1) is 68.1. The Morgan fingerprint density at radius 2 is 0.653 bits per heavy atom. The first-order chi connectivity index (χ1) is 47.6. The lowest BCUT2D eigenvalue weighted by atomic mass is 9.77. The first-order valence-corrected chi connectivity index (χ1v) is 35.0. The fourth-order valence-electron chi connectivity index (χ4n) is 11.5. The molecule has 2 aromatic heterocycles. The normalized spacial score (nSPS) is 15.8.